The second-order valence-electron chi connectivity index (χ2n) is 9.60. The molecular formula is C31H32N2O4. The van der Waals surface area contributed by atoms with Crippen molar-refractivity contribution in [2.45, 2.75) is 46.1 Å². The van der Waals surface area contributed by atoms with Crippen LogP contribution in [0.15, 0.2) is 97.1 Å². The molecule has 0 bridgehead atoms. The zero-order valence-corrected chi connectivity index (χ0v) is 21.4. The molecule has 1 amide bonds. The Morgan fingerprint density at radius 2 is 1.32 bits per heavy atom. The largest absolute Gasteiger partial charge is 0.473 e. The highest BCUT2D eigenvalue weighted by atomic mass is 16.6. The van der Waals surface area contributed by atoms with Gasteiger partial charge in [-0.25, -0.2) is 4.79 Å². The van der Waals surface area contributed by atoms with Crippen LogP contribution < -0.4 is 14.8 Å². The van der Waals surface area contributed by atoms with E-state index in [-0.39, 0.29) is 0 Å². The van der Waals surface area contributed by atoms with E-state index in [0.29, 0.717) is 31.5 Å². The quantitative estimate of drug-likeness (QED) is 0.272. The minimum atomic E-state index is -0.534. The molecule has 0 fully saturated rings. The SMILES string of the molecule is CC(C)(C)OC(=O)NCc1ccc(-c2ccc(OCc3ccccc3)nc2OCc2ccccc2)cc1. The fourth-order valence-corrected chi connectivity index (χ4v) is 3.58. The fraction of sp³-hybridized carbons (Fsp3) is 0.226. The third kappa shape index (κ3) is 8.10. The molecule has 1 N–H and O–H groups in total. The monoisotopic (exact) mass is 496 g/mol. The van der Waals surface area contributed by atoms with Crippen LogP contribution in [0, 0.1) is 0 Å². The molecule has 0 aliphatic carbocycles. The summed E-state index contributed by atoms with van der Waals surface area (Å²) in [5.41, 5.74) is 4.34. The Morgan fingerprint density at radius 1 is 0.730 bits per heavy atom. The second kappa shape index (κ2) is 12.1. The molecule has 37 heavy (non-hydrogen) atoms. The zero-order chi connectivity index (χ0) is 26.1. The molecule has 0 aliphatic rings. The van der Waals surface area contributed by atoms with Gasteiger partial charge in [0.05, 0.1) is 0 Å². The lowest BCUT2D eigenvalue weighted by molar-refractivity contribution is 0.0523. The van der Waals surface area contributed by atoms with E-state index in [1.165, 1.54) is 0 Å². The molecule has 0 aliphatic heterocycles. The number of hydrogen-bond donors (Lipinski definition) is 1. The summed E-state index contributed by atoms with van der Waals surface area (Å²) in [4.78, 5) is 16.6. The molecule has 0 spiro atoms. The minimum Gasteiger partial charge on any atom is -0.473 e. The molecule has 6 heteroatoms. The standard InChI is InChI=1S/C31H32N2O4/c1-31(2,3)37-30(34)32-20-23-14-16-26(17-15-23)27-18-19-28(35-21-24-10-6-4-7-11-24)33-29(27)36-22-25-12-8-5-9-13-25/h4-19H,20-22H2,1-3H3,(H,32,34). The summed E-state index contributed by atoms with van der Waals surface area (Å²) in [5, 5.41) is 2.78. The lowest BCUT2D eigenvalue weighted by atomic mass is 10.0. The minimum absolute atomic E-state index is 0.372. The number of ether oxygens (including phenoxy) is 3. The van der Waals surface area contributed by atoms with Gasteiger partial charge in [-0.1, -0.05) is 84.9 Å². The molecule has 3 aromatic carbocycles. The average molecular weight is 497 g/mol. The number of nitrogens with zero attached hydrogens (tertiary/aromatic N) is 1. The van der Waals surface area contributed by atoms with Gasteiger partial charge in [0.25, 0.3) is 0 Å². The van der Waals surface area contributed by atoms with Crippen molar-refractivity contribution in [1.29, 1.82) is 0 Å². The number of rotatable bonds is 9. The predicted molar refractivity (Wildman–Crippen MR) is 144 cm³/mol. The molecule has 0 atom stereocenters. The Morgan fingerprint density at radius 3 is 1.92 bits per heavy atom. The molecule has 4 rings (SSSR count). The summed E-state index contributed by atoms with van der Waals surface area (Å²) >= 11 is 0. The zero-order valence-electron chi connectivity index (χ0n) is 21.4. The van der Waals surface area contributed by atoms with Crippen LogP contribution in [0.5, 0.6) is 11.8 Å². The first-order valence-electron chi connectivity index (χ1n) is 12.3. The lowest BCUT2D eigenvalue weighted by Gasteiger charge is -2.19. The number of alkyl carbamates (subject to hydrolysis) is 1. The van der Waals surface area contributed by atoms with Gasteiger partial charge in [0, 0.05) is 18.2 Å². The van der Waals surface area contributed by atoms with Crippen LogP contribution in [0.2, 0.25) is 0 Å². The number of nitrogens with one attached hydrogen (secondary N) is 1. The Bertz CT molecular complexity index is 1280. The van der Waals surface area contributed by atoms with Crippen LogP contribution in [0.25, 0.3) is 11.1 Å². The normalized spacial score (nSPS) is 11.0. The number of aromatic nitrogens is 1. The first kappa shape index (κ1) is 25.8. The van der Waals surface area contributed by atoms with Gasteiger partial charge in [0.15, 0.2) is 0 Å². The van der Waals surface area contributed by atoms with Crippen molar-refractivity contribution in [2.75, 3.05) is 0 Å². The van der Waals surface area contributed by atoms with Crippen molar-refractivity contribution >= 4 is 6.09 Å². The molecular weight excluding hydrogens is 464 g/mol. The molecule has 1 aromatic heterocycles. The highest BCUT2D eigenvalue weighted by Crippen LogP contribution is 2.31. The summed E-state index contributed by atoms with van der Waals surface area (Å²) < 4.78 is 17.4. The van der Waals surface area contributed by atoms with Crippen LogP contribution in [-0.2, 0) is 24.5 Å². The van der Waals surface area contributed by atoms with Crippen molar-refractivity contribution in [3.63, 3.8) is 0 Å². The molecule has 1 heterocycles. The number of carbonyl (C=O) groups excluding carboxylic acids is 1. The van der Waals surface area contributed by atoms with E-state index in [4.69, 9.17) is 14.2 Å². The predicted octanol–water partition coefficient (Wildman–Crippen LogP) is 6.93. The van der Waals surface area contributed by atoms with Gasteiger partial charge in [-0.05, 0) is 49.1 Å². The molecule has 6 nitrogen and oxygen atoms in total. The van der Waals surface area contributed by atoms with Gasteiger partial charge in [0.1, 0.15) is 18.8 Å². The van der Waals surface area contributed by atoms with Crippen molar-refractivity contribution in [1.82, 2.24) is 10.3 Å². The first-order valence-corrected chi connectivity index (χ1v) is 12.3. The van der Waals surface area contributed by atoms with E-state index in [1.807, 2.05) is 118 Å². The maximum atomic E-state index is 12.0. The van der Waals surface area contributed by atoms with Crippen molar-refractivity contribution in [2.24, 2.45) is 0 Å². The van der Waals surface area contributed by atoms with Crippen LogP contribution in [0.3, 0.4) is 0 Å². The molecule has 0 radical (unpaired) electrons. The Balaban J connectivity index is 1.49. The van der Waals surface area contributed by atoms with Gasteiger partial charge in [-0.15, -0.1) is 0 Å². The summed E-state index contributed by atoms with van der Waals surface area (Å²) in [6, 6.07) is 31.7. The topological polar surface area (TPSA) is 69.7 Å². The van der Waals surface area contributed by atoms with E-state index < -0.39 is 11.7 Å². The Kier molecular flexibility index (Phi) is 8.41. The molecule has 4 aromatic rings. The highest BCUT2D eigenvalue weighted by Gasteiger charge is 2.16. The number of carbonyl (C=O) groups is 1. The Hall–Kier alpha value is -4.32. The third-order valence-electron chi connectivity index (χ3n) is 5.38. The van der Waals surface area contributed by atoms with Crippen LogP contribution in [-0.4, -0.2) is 16.7 Å². The van der Waals surface area contributed by atoms with Crippen molar-refractivity contribution < 1.29 is 19.0 Å². The number of amides is 1. The fourth-order valence-electron chi connectivity index (χ4n) is 3.58. The Labute approximate surface area is 218 Å². The number of pyridine rings is 1. The van der Waals surface area contributed by atoms with Crippen LogP contribution in [0.4, 0.5) is 4.79 Å². The van der Waals surface area contributed by atoms with E-state index in [1.54, 1.807) is 0 Å². The summed E-state index contributed by atoms with van der Waals surface area (Å²) in [6.07, 6.45) is -0.441. The van der Waals surface area contributed by atoms with E-state index in [2.05, 4.69) is 10.3 Å². The maximum absolute atomic E-state index is 12.0. The highest BCUT2D eigenvalue weighted by molar-refractivity contribution is 5.70. The van der Waals surface area contributed by atoms with Gasteiger partial charge < -0.3 is 19.5 Å². The van der Waals surface area contributed by atoms with Gasteiger partial charge in [-0.3, -0.25) is 0 Å². The van der Waals surface area contributed by atoms with Gasteiger partial charge in [-0.2, -0.15) is 4.98 Å². The van der Waals surface area contributed by atoms with Crippen molar-refractivity contribution in [3.8, 4) is 22.9 Å². The number of hydrogen-bond acceptors (Lipinski definition) is 5. The van der Waals surface area contributed by atoms with E-state index in [0.717, 1.165) is 27.8 Å². The maximum Gasteiger partial charge on any atom is 0.407 e. The third-order valence-corrected chi connectivity index (χ3v) is 5.38. The summed E-state index contributed by atoms with van der Waals surface area (Å²) in [5.74, 6) is 0.989. The molecule has 0 saturated carbocycles. The van der Waals surface area contributed by atoms with E-state index >= 15 is 0 Å². The van der Waals surface area contributed by atoms with Crippen LogP contribution in [0.1, 0.15) is 37.5 Å². The van der Waals surface area contributed by atoms with Crippen LogP contribution >= 0.6 is 0 Å². The van der Waals surface area contributed by atoms with Gasteiger partial charge >= 0.3 is 6.09 Å². The smallest absolute Gasteiger partial charge is 0.407 e. The summed E-state index contributed by atoms with van der Waals surface area (Å²) in [7, 11) is 0. The van der Waals surface area contributed by atoms with Gasteiger partial charge in [0.2, 0.25) is 11.8 Å². The average Bonchev–Trinajstić information content (AvgIpc) is 2.90. The molecule has 0 unspecified atom stereocenters. The molecule has 190 valence electrons. The summed E-state index contributed by atoms with van der Waals surface area (Å²) in [6.45, 7) is 6.70. The second-order valence-corrected chi connectivity index (χ2v) is 9.60. The van der Waals surface area contributed by atoms with E-state index in [9.17, 15) is 4.79 Å². The molecule has 0 saturated heterocycles. The number of benzene rings is 3. The first-order chi connectivity index (χ1) is 17.9. The lowest BCUT2D eigenvalue weighted by Crippen LogP contribution is -2.32. The van der Waals surface area contributed by atoms with Crippen molar-refractivity contribution in [3.05, 3.63) is 114 Å².